The quantitative estimate of drug-likeness (QED) is 0.399. The van der Waals surface area contributed by atoms with Crippen LogP contribution in [0.4, 0.5) is 0 Å². The number of carbonyl (C=O) groups excluding carboxylic acids is 2. The second-order valence-electron chi connectivity index (χ2n) is 9.71. The summed E-state index contributed by atoms with van der Waals surface area (Å²) < 4.78 is 11.1. The zero-order valence-electron chi connectivity index (χ0n) is 20.0. The highest BCUT2D eigenvalue weighted by atomic mass is 16.6. The van der Waals surface area contributed by atoms with E-state index in [4.69, 9.17) is 9.47 Å². The first-order valence-corrected chi connectivity index (χ1v) is 11.2. The van der Waals surface area contributed by atoms with Gasteiger partial charge in [0.1, 0.15) is 12.2 Å². The summed E-state index contributed by atoms with van der Waals surface area (Å²) >= 11 is 0. The number of ether oxygens (including phenoxy) is 2. The summed E-state index contributed by atoms with van der Waals surface area (Å²) in [6.07, 6.45) is -0.0259. The molecule has 0 aromatic heterocycles. The molecule has 0 bridgehead atoms. The fourth-order valence-electron chi connectivity index (χ4n) is 3.87. The number of rotatable bonds is 10. The van der Waals surface area contributed by atoms with Crippen molar-refractivity contribution in [2.75, 3.05) is 0 Å². The van der Waals surface area contributed by atoms with Gasteiger partial charge in [-0.1, -0.05) is 74.5 Å². The number of hydrogen-bond donors (Lipinski definition) is 1. The molecule has 0 aliphatic heterocycles. The molecular formula is C27H34O6. The summed E-state index contributed by atoms with van der Waals surface area (Å²) in [4.78, 5) is 39.7. The van der Waals surface area contributed by atoms with E-state index in [1.54, 1.807) is 69.3 Å². The molecule has 0 aliphatic carbocycles. The van der Waals surface area contributed by atoms with E-state index in [1.165, 1.54) is 0 Å². The number of carbonyl (C=O) groups is 3. The normalized spacial score (nSPS) is 14.2. The molecule has 0 aliphatic rings. The molecule has 0 spiro atoms. The number of hydrogen-bond acceptors (Lipinski definition) is 5. The van der Waals surface area contributed by atoms with Gasteiger partial charge in [0.05, 0.1) is 5.92 Å². The Morgan fingerprint density at radius 2 is 1.39 bits per heavy atom. The van der Waals surface area contributed by atoms with Gasteiger partial charge >= 0.3 is 17.9 Å². The van der Waals surface area contributed by atoms with E-state index in [9.17, 15) is 19.5 Å². The number of benzene rings is 2. The number of esters is 2. The van der Waals surface area contributed by atoms with Crippen molar-refractivity contribution in [3.63, 3.8) is 0 Å². The van der Waals surface area contributed by atoms with E-state index in [0.717, 1.165) is 11.1 Å². The van der Waals surface area contributed by atoms with E-state index in [-0.39, 0.29) is 25.4 Å². The first-order chi connectivity index (χ1) is 15.5. The van der Waals surface area contributed by atoms with Gasteiger partial charge in [0.2, 0.25) is 0 Å². The monoisotopic (exact) mass is 454 g/mol. The van der Waals surface area contributed by atoms with E-state index in [2.05, 4.69) is 0 Å². The van der Waals surface area contributed by atoms with Gasteiger partial charge in [-0.2, -0.15) is 0 Å². The number of carboxylic acids is 1. The van der Waals surface area contributed by atoms with Crippen molar-refractivity contribution in [3.05, 3.63) is 71.8 Å². The minimum Gasteiger partial charge on any atom is -0.480 e. The number of carboxylic acid groups (broad SMARTS) is 1. The maximum Gasteiger partial charge on any atom is 0.324 e. The topological polar surface area (TPSA) is 89.9 Å². The Bertz CT molecular complexity index is 930. The van der Waals surface area contributed by atoms with Crippen molar-refractivity contribution in [1.82, 2.24) is 0 Å². The number of aliphatic carboxylic acids is 1. The zero-order chi connectivity index (χ0) is 24.6. The van der Waals surface area contributed by atoms with Gasteiger partial charge in [-0.25, -0.2) is 0 Å². The van der Waals surface area contributed by atoms with Crippen LogP contribution in [0.5, 0.6) is 0 Å². The van der Waals surface area contributed by atoms with Gasteiger partial charge in [0.25, 0.3) is 0 Å². The molecule has 0 amide bonds. The van der Waals surface area contributed by atoms with Crippen LogP contribution in [0.1, 0.15) is 52.2 Å². The van der Waals surface area contributed by atoms with Crippen LogP contribution in [0.25, 0.3) is 0 Å². The second-order valence-corrected chi connectivity index (χ2v) is 9.71. The molecule has 0 heterocycles. The summed E-state index contributed by atoms with van der Waals surface area (Å²) in [7, 11) is 0. The van der Waals surface area contributed by atoms with E-state index >= 15 is 0 Å². The van der Waals surface area contributed by atoms with Crippen LogP contribution in [0, 0.1) is 17.3 Å². The molecule has 178 valence electrons. The Kier molecular flexibility index (Phi) is 8.80. The smallest absolute Gasteiger partial charge is 0.324 e. The lowest BCUT2D eigenvalue weighted by Gasteiger charge is -2.36. The van der Waals surface area contributed by atoms with Crippen LogP contribution in [-0.2, 0) is 36.9 Å². The van der Waals surface area contributed by atoms with Crippen molar-refractivity contribution in [2.45, 2.75) is 59.7 Å². The summed E-state index contributed by atoms with van der Waals surface area (Å²) in [6.45, 7) is 8.68. The highest BCUT2D eigenvalue weighted by Crippen LogP contribution is 2.41. The minimum absolute atomic E-state index is 0.0369. The molecule has 0 fully saturated rings. The average molecular weight is 455 g/mol. The largest absolute Gasteiger partial charge is 0.480 e. The van der Waals surface area contributed by atoms with E-state index in [1.807, 2.05) is 26.0 Å². The highest BCUT2D eigenvalue weighted by Gasteiger charge is 2.58. The van der Waals surface area contributed by atoms with Gasteiger partial charge in [-0.15, -0.1) is 0 Å². The predicted molar refractivity (Wildman–Crippen MR) is 125 cm³/mol. The van der Waals surface area contributed by atoms with Gasteiger partial charge in [0.15, 0.2) is 5.41 Å². The lowest BCUT2D eigenvalue weighted by Crippen LogP contribution is -2.52. The molecule has 33 heavy (non-hydrogen) atoms. The van der Waals surface area contributed by atoms with Crippen LogP contribution in [0.2, 0.25) is 0 Å². The summed E-state index contributed by atoms with van der Waals surface area (Å²) in [5.41, 5.74) is -1.48. The van der Waals surface area contributed by atoms with E-state index in [0.29, 0.717) is 0 Å². The fourth-order valence-corrected chi connectivity index (χ4v) is 3.87. The van der Waals surface area contributed by atoms with Crippen molar-refractivity contribution in [2.24, 2.45) is 17.3 Å². The zero-order valence-corrected chi connectivity index (χ0v) is 20.0. The Balaban J connectivity index is 2.53. The third kappa shape index (κ3) is 7.17. The Labute approximate surface area is 195 Å². The van der Waals surface area contributed by atoms with Crippen molar-refractivity contribution in [3.8, 4) is 0 Å². The third-order valence-corrected chi connectivity index (χ3v) is 5.26. The molecule has 2 atom stereocenters. The van der Waals surface area contributed by atoms with E-state index < -0.39 is 34.8 Å². The molecular weight excluding hydrogens is 420 g/mol. The van der Waals surface area contributed by atoms with Crippen molar-refractivity contribution >= 4 is 17.9 Å². The maximum atomic E-state index is 13.5. The molecule has 2 aromatic rings. The average Bonchev–Trinajstić information content (AvgIpc) is 2.74. The van der Waals surface area contributed by atoms with Crippen molar-refractivity contribution < 1.29 is 29.0 Å². The predicted octanol–water partition coefficient (Wildman–Crippen LogP) is 5.05. The first-order valence-electron chi connectivity index (χ1n) is 11.2. The van der Waals surface area contributed by atoms with Crippen LogP contribution in [0.15, 0.2) is 60.7 Å². The molecule has 6 nitrogen and oxygen atoms in total. The second kappa shape index (κ2) is 11.1. The summed E-state index contributed by atoms with van der Waals surface area (Å²) in [5.74, 6) is -4.50. The standard InChI is InChI=1S/C27H34O6/c1-19(2)17-27(24(29)30,25(31)32-18-21-14-10-7-11-15-21)22(23(28)33-26(3,4)5)16-20-12-8-6-9-13-20/h6-15,19,22H,16-18H2,1-5H3,(H,29,30)/t22?,27-/m1/s1. The summed E-state index contributed by atoms with van der Waals surface area (Å²) in [5, 5.41) is 10.4. The van der Waals surface area contributed by atoms with Gasteiger partial charge in [0, 0.05) is 0 Å². The highest BCUT2D eigenvalue weighted by molar-refractivity contribution is 6.03. The van der Waals surface area contributed by atoms with Crippen molar-refractivity contribution in [1.29, 1.82) is 0 Å². The summed E-state index contributed by atoms with van der Waals surface area (Å²) in [6, 6.07) is 18.1. The molecule has 1 unspecified atom stereocenters. The fraction of sp³-hybridized carbons (Fsp3) is 0.444. The molecule has 2 aromatic carbocycles. The molecule has 0 saturated carbocycles. The Morgan fingerprint density at radius 3 is 1.85 bits per heavy atom. The van der Waals surface area contributed by atoms with Gasteiger partial charge < -0.3 is 14.6 Å². The lowest BCUT2D eigenvalue weighted by atomic mass is 9.67. The molecule has 2 rings (SSSR count). The van der Waals surface area contributed by atoms with Gasteiger partial charge in [-0.05, 0) is 50.7 Å². The van der Waals surface area contributed by atoms with Crippen LogP contribution >= 0.6 is 0 Å². The molecule has 0 radical (unpaired) electrons. The first kappa shape index (κ1) is 26.1. The SMILES string of the molecule is CC(C)C[C@@](C(=O)O)(C(=O)OCc1ccccc1)C(Cc1ccccc1)C(=O)OC(C)(C)C. The van der Waals surface area contributed by atoms with Crippen LogP contribution < -0.4 is 0 Å². The lowest BCUT2D eigenvalue weighted by molar-refractivity contribution is -0.187. The molecule has 0 saturated heterocycles. The van der Waals surface area contributed by atoms with Crippen LogP contribution in [-0.4, -0.2) is 28.6 Å². The Morgan fingerprint density at radius 1 is 0.879 bits per heavy atom. The molecule has 1 N–H and O–H groups in total. The van der Waals surface area contributed by atoms with Crippen LogP contribution in [0.3, 0.4) is 0 Å². The molecule has 6 heteroatoms. The van der Waals surface area contributed by atoms with Gasteiger partial charge in [-0.3, -0.25) is 14.4 Å². The minimum atomic E-state index is -2.10. The third-order valence-electron chi connectivity index (χ3n) is 5.26. The maximum absolute atomic E-state index is 13.5. The Hall–Kier alpha value is -3.15.